The molecule has 0 spiro atoms. The molecule has 0 aromatic heterocycles. The third-order valence-corrected chi connectivity index (χ3v) is 8.45. The van der Waals surface area contributed by atoms with Gasteiger partial charge in [-0.15, -0.1) is 0 Å². The van der Waals surface area contributed by atoms with Crippen LogP contribution >= 0.6 is 0 Å². The van der Waals surface area contributed by atoms with Crippen molar-refractivity contribution in [3.05, 3.63) is 47.0 Å². The third kappa shape index (κ3) is 4.01. The van der Waals surface area contributed by atoms with Gasteiger partial charge in [-0.05, 0) is 47.9 Å². The second-order valence-corrected chi connectivity index (χ2v) is 10.6. The zero-order valence-corrected chi connectivity index (χ0v) is 21.8. The van der Waals surface area contributed by atoms with Crippen LogP contribution in [-0.4, -0.2) is 85.4 Å². The highest BCUT2D eigenvalue weighted by Gasteiger charge is 2.56. The van der Waals surface area contributed by atoms with Gasteiger partial charge in [0.2, 0.25) is 6.79 Å². The molecule has 3 N–H and O–H groups in total. The van der Waals surface area contributed by atoms with Crippen LogP contribution in [-0.2, 0) is 28.5 Å². The molecule has 0 unspecified atom stereocenters. The predicted molar refractivity (Wildman–Crippen MR) is 132 cm³/mol. The molecule has 40 heavy (non-hydrogen) atoms. The second-order valence-electron chi connectivity index (χ2n) is 10.6. The first-order valence-electron chi connectivity index (χ1n) is 13.2. The van der Waals surface area contributed by atoms with Crippen molar-refractivity contribution in [2.45, 2.75) is 55.9 Å². The van der Waals surface area contributed by atoms with Crippen LogP contribution in [0.3, 0.4) is 0 Å². The van der Waals surface area contributed by atoms with Gasteiger partial charge in [0.25, 0.3) is 0 Å². The van der Waals surface area contributed by atoms with Crippen molar-refractivity contribution in [3.63, 3.8) is 0 Å². The van der Waals surface area contributed by atoms with Crippen LogP contribution in [0.2, 0.25) is 0 Å². The Bertz CT molecular complexity index is 1310. The van der Waals surface area contributed by atoms with E-state index in [-0.39, 0.29) is 31.5 Å². The van der Waals surface area contributed by atoms with Crippen molar-refractivity contribution < 1.29 is 58.0 Å². The number of esters is 1. The molecule has 5 aliphatic rings. The van der Waals surface area contributed by atoms with E-state index in [0.29, 0.717) is 17.1 Å². The van der Waals surface area contributed by atoms with Gasteiger partial charge in [-0.25, -0.2) is 0 Å². The number of phenols is 1. The zero-order valence-electron chi connectivity index (χ0n) is 21.8. The molecule has 7 rings (SSSR count). The van der Waals surface area contributed by atoms with Gasteiger partial charge in [0.1, 0.15) is 24.4 Å². The minimum atomic E-state index is -1.42. The predicted octanol–water partition coefficient (Wildman–Crippen LogP) is 1.33. The molecule has 2 aromatic rings. The van der Waals surface area contributed by atoms with Crippen molar-refractivity contribution in [2.24, 2.45) is 11.8 Å². The van der Waals surface area contributed by atoms with Gasteiger partial charge in [-0.2, -0.15) is 0 Å². The lowest BCUT2D eigenvalue weighted by atomic mass is 9.66. The summed E-state index contributed by atoms with van der Waals surface area (Å²) in [5, 5.41) is 32.1. The van der Waals surface area contributed by atoms with E-state index in [1.807, 2.05) is 12.1 Å². The SMILES string of the molecule is COc1cc([C@@H]2c3cc4c(cc3[C@@H](O[C@@H]3O[C@@H]5CO[C@@H](C)O[C@H]5[C@H](O)[C@H]3O)[C@H]3COC(=O)[C@H]23)OCO4)ccc1O. The van der Waals surface area contributed by atoms with Crippen LogP contribution in [0, 0.1) is 11.8 Å². The monoisotopic (exact) mass is 558 g/mol. The number of aliphatic hydroxyl groups is 2. The normalized spacial score (nSPS) is 37.8. The fourth-order valence-corrected chi connectivity index (χ4v) is 6.53. The Balaban J connectivity index is 1.30. The van der Waals surface area contributed by atoms with Crippen LogP contribution < -0.4 is 14.2 Å². The number of fused-ring (bicyclic) bond motifs is 4. The van der Waals surface area contributed by atoms with E-state index in [9.17, 15) is 20.1 Å². The molecule has 0 amide bonds. The first-order chi connectivity index (χ1) is 19.3. The maximum Gasteiger partial charge on any atom is 0.310 e. The van der Waals surface area contributed by atoms with Gasteiger partial charge in [-0.1, -0.05) is 6.07 Å². The number of hydrogen-bond acceptors (Lipinski definition) is 12. The summed E-state index contributed by atoms with van der Waals surface area (Å²) in [7, 11) is 1.46. The Morgan fingerprint density at radius 2 is 1.73 bits per heavy atom. The number of aromatic hydroxyl groups is 1. The fraction of sp³-hybridized carbons (Fsp3) is 0.536. The Morgan fingerprint density at radius 3 is 2.50 bits per heavy atom. The fourth-order valence-electron chi connectivity index (χ4n) is 6.53. The number of hydrogen-bond donors (Lipinski definition) is 3. The smallest absolute Gasteiger partial charge is 0.310 e. The van der Waals surface area contributed by atoms with E-state index in [1.54, 1.807) is 19.1 Å². The lowest BCUT2D eigenvalue weighted by Crippen LogP contribution is -2.63. The number of carbonyl (C=O) groups is 1. The molecule has 0 radical (unpaired) electrons. The molecule has 4 heterocycles. The maximum absolute atomic E-state index is 13.3. The summed E-state index contributed by atoms with van der Waals surface area (Å²) in [6, 6.07) is 8.61. The number of phenolic OH excluding ortho intramolecular Hbond substituents is 1. The molecule has 214 valence electrons. The number of ether oxygens (including phenoxy) is 8. The zero-order chi connectivity index (χ0) is 27.7. The Labute approximate surface area is 229 Å². The first kappa shape index (κ1) is 25.8. The number of carbonyl (C=O) groups excluding carboxylic acids is 1. The van der Waals surface area contributed by atoms with E-state index in [0.717, 1.165) is 11.1 Å². The topological polar surface area (TPSA) is 152 Å². The quantitative estimate of drug-likeness (QED) is 0.464. The second kappa shape index (κ2) is 9.75. The number of cyclic esters (lactones) is 1. The van der Waals surface area contributed by atoms with E-state index in [2.05, 4.69) is 0 Å². The number of rotatable bonds is 4. The Hall–Kier alpha value is -3.13. The molecule has 3 saturated heterocycles. The first-order valence-corrected chi connectivity index (χ1v) is 13.2. The molecule has 0 saturated carbocycles. The summed E-state index contributed by atoms with van der Waals surface area (Å²) in [6.07, 6.45) is -6.66. The minimum absolute atomic E-state index is 0.0231. The van der Waals surface area contributed by atoms with Gasteiger partial charge < -0.3 is 53.2 Å². The minimum Gasteiger partial charge on any atom is -0.504 e. The molecule has 1 aliphatic carbocycles. The van der Waals surface area contributed by atoms with Crippen LogP contribution in [0.5, 0.6) is 23.0 Å². The van der Waals surface area contributed by atoms with Gasteiger partial charge in [0, 0.05) is 11.8 Å². The van der Waals surface area contributed by atoms with Crippen LogP contribution in [0.4, 0.5) is 0 Å². The van der Waals surface area contributed by atoms with E-state index in [4.69, 9.17) is 37.9 Å². The van der Waals surface area contributed by atoms with Gasteiger partial charge >= 0.3 is 5.97 Å². The summed E-state index contributed by atoms with van der Waals surface area (Å²) in [4.78, 5) is 13.3. The number of benzene rings is 2. The summed E-state index contributed by atoms with van der Waals surface area (Å²) < 4.78 is 45.9. The highest BCUT2D eigenvalue weighted by atomic mass is 16.8. The van der Waals surface area contributed by atoms with Crippen molar-refractivity contribution >= 4 is 5.97 Å². The van der Waals surface area contributed by atoms with Crippen molar-refractivity contribution in [3.8, 4) is 23.0 Å². The lowest BCUT2D eigenvalue weighted by molar-refractivity contribution is -0.364. The van der Waals surface area contributed by atoms with E-state index < -0.39 is 66.8 Å². The van der Waals surface area contributed by atoms with Crippen molar-refractivity contribution in [1.29, 1.82) is 0 Å². The highest BCUT2D eigenvalue weighted by Crippen LogP contribution is 2.56. The van der Waals surface area contributed by atoms with Gasteiger partial charge in [0.15, 0.2) is 35.6 Å². The Morgan fingerprint density at radius 1 is 0.950 bits per heavy atom. The standard InChI is InChI=1S/C28H30O12/c1-11-34-9-20-26(38-11)23(30)24(31)28(39-20)40-25-14-7-19-18(36-10-37-19)6-13(14)21(22-15(25)8-35-27(22)32)12-3-4-16(29)17(5-12)33-2/h3-7,11,15,20-26,28-31H,8-10H2,1-2H3/t11-,15+,20-,21-,22+,23-,24-,25-,26-,28+/m1/s1. The molecule has 3 fully saturated rings. The summed E-state index contributed by atoms with van der Waals surface area (Å²) in [6.45, 7) is 2.00. The van der Waals surface area contributed by atoms with Crippen molar-refractivity contribution in [2.75, 3.05) is 27.1 Å². The van der Waals surface area contributed by atoms with Crippen molar-refractivity contribution in [1.82, 2.24) is 0 Å². The van der Waals surface area contributed by atoms with Crippen LogP contribution in [0.25, 0.3) is 0 Å². The summed E-state index contributed by atoms with van der Waals surface area (Å²) >= 11 is 0. The van der Waals surface area contributed by atoms with E-state index in [1.165, 1.54) is 13.2 Å². The molecular weight excluding hydrogens is 528 g/mol. The summed E-state index contributed by atoms with van der Waals surface area (Å²) in [5.41, 5.74) is 2.18. The largest absolute Gasteiger partial charge is 0.504 e. The molecule has 12 nitrogen and oxygen atoms in total. The third-order valence-electron chi connectivity index (χ3n) is 8.45. The van der Waals surface area contributed by atoms with Crippen LogP contribution in [0.1, 0.15) is 35.6 Å². The maximum atomic E-state index is 13.3. The molecular formula is C28H30O12. The number of methoxy groups -OCH3 is 1. The molecule has 4 aliphatic heterocycles. The molecule has 2 aromatic carbocycles. The average Bonchev–Trinajstić information content (AvgIpc) is 3.57. The van der Waals surface area contributed by atoms with Gasteiger partial charge in [0.05, 0.1) is 32.3 Å². The summed E-state index contributed by atoms with van der Waals surface area (Å²) in [5.74, 6) is -0.704. The molecule has 10 atom stereocenters. The van der Waals surface area contributed by atoms with Crippen LogP contribution in [0.15, 0.2) is 30.3 Å². The average molecular weight is 559 g/mol. The Kier molecular flexibility index (Phi) is 6.29. The molecule has 0 bridgehead atoms. The molecule has 12 heteroatoms. The van der Waals surface area contributed by atoms with Gasteiger partial charge in [-0.3, -0.25) is 4.79 Å². The van der Waals surface area contributed by atoms with E-state index >= 15 is 0 Å². The highest BCUT2D eigenvalue weighted by molar-refractivity contribution is 5.78. The number of aliphatic hydroxyl groups excluding tert-OH is 2. The lowest BCUT2D eigenvalue weighted by Gasteiger charge is -2.47.